The van der Waals surface area contributed by atoms with E-state index >= 15 is 0 Å². The van der Waals surface area contributed by atoms with Crippen LogP contribution >= 0.6 is 0 Å². The van der Waals surface area contributed by atoms with Crippen LogP contribution in [0.25, 0.3) is 10.9 Å². The molecule has 0 saturated carbocycles. The summed E-state index contributed by atoms with van der Waals surface area (Å²) in [4.78, 5) is 2.16. The van der Waals surface area contributed by atoms with E-state index in [2.05, 4.69) is 55.9 Å². The van der Waals surface area contributed by atoms with Gasteiger partial charge in [-0.1, -0.05) is 12.1 Å². The van der Waals surface area contributed by atoms with E-state index in [1.807, 2.05) is 10.9 Å². The van der Waals surface area contributed by atoms with Gasteiger partial charge in [-0.25, -0.2) is 4.39 Å². The first-order valence-electron chi connectivity index (χ1n) is 9.43. The van der Waals surface area contributed by atoms with Gasteiger partial charge in [0.1, 0.15) is 6.17 Å². The molecule has 2 aliphatic rings. The molecule has 1 atom stereocenters. The van der Waals surface area contributed by atoms with E-state index in [0.29, 0.717) is 13.0 Å². The third-order valence-electron chi connectivity index (χ3n) is 6.03. The monoisotopic (exact) mass is 359 g/mol. The van der Waals surface area contributed by atoms with Crippen LogP contribution in [0.2, 0.25) is 0 Å². The molecule has 2 fully saturated rings. The van der Waals surface area contributed by atoms with Crippen molar-refractivity contribution in [3.63, 3.8) is 0 Å². The van der Waals surface area contributed by atoms with Crippen molar-refractivity contribution in [1.82, 2.24) is 14.7 Å². The lowest BCUT2D eigenvalue weighted by Crippen LogP contribution is -2.41. The first-order valence-corrected chi connectivity index (χ1v) is 9.43. The van der Waals surface area contributed by atoms with Crippen LogP contribution in [0.15, 0.2) is 24.4 Å². The van der Waals surface area contributed by atoms with Crippen LogP contribution in [0.5, 0.6) is 0 Å². The number of hydrogen-bond acceptors (Lipinski definition) is 4. The molecule has 140 valence electrons. The summed E-state index contributed by atoms with van der Waals surface area (Å²) in [5, 5.41) is 5.59. The molecule has 3 heterocycles. The number of alkyl halides is 1. The number of halogens is 1. The standard InChI is InChI=1S/C19H27BFN3O2/c1-18(2)19(3,4)26-20(25-18)15-5-6-17-14(11-15)12-22-24(17)10-9-23-8-7-16(21)13-23/h5-6,11-12,16H,7-10,13H2,1-4H3/t16-/m0/s1. The van der Waals surface area contributed by atoms with Gasteiger partial charge in [-0.05, 0) is 45.6 Å². The fraction of sp³-hybridized carbons (Fsp3) is 0.632. The minimum Gasteiger partial charge on any atom is -0.399 e. The highest BCUT2D eigenvalue weighted by atomic mass is 19.1. The number of benzene rings is 1. The zero-order valence-corrected chi connectivity index (χ0v) is 16.0. The van der Waals surface area contributed by atoms with Crippen molar-refractivity contribution < 1.29 is 13.7 Å². The zero-order chi connectivity index (χ0) is 18.5. The molecule has 2 aliphatic heterocycles. The lowest BCUT2D eigenvalue weighted by Gasteiger charge is -2.32. The van der Waals surface area contributed by atoms with Gasteiger partial charge in [-0.3, -0.25) is 9.58 Å². The van der Waals surface area contributed by atoms with E-state index in [0.717, 1.165) is 36.0 Å². The molecule has 0 N–H and O–H groups in total. The van der Waals surface area contributed by atoms with Crippen LogP contribution in [-0.2, 0) is 15.9 Å². The number of aromatic nitrogens is 2. The second kappa shape index (κ2) is 6.32. The first-order chi connectivity index (χ1) is 12.2. The van der Waals surface area contributed by atoms with Crippen molar-refractivity contribution in [3.8, 4) is 0 Å². The summed E-state index contributed by atoms with van der Waals surface area (Å²) in [6.07, 6.45) is 1.86. The Labute approximate surface area is 154 Å². The summed E-state index contributed by atoms with van der Waals surface area (Å²) in [7, 11) is -0.362. The Balaban J connectivity index is 1.49. The van der Waals surface area contributed by atoms with E-state index in [1.165, 1.54) is 0 Å². The molecule has 5 nitrogen and oxygen atoms in total. The number of hydrogen-bond donors (Lipinski definition) is 0. The molecule has 4 rings (SSSR count). The van der Waals surface area contributed by atoms with Crippen LogP contribution in [-0.4, -0.2) is 58.8 Å². The predicted molar refractivity (Wildman–Crippen MR) is 101 cm³/mol. The Morgan fingerprint density at radius 1 is 1.19 bits per heavy atom. The maximum absolute atomic E-state index is 13.3. The Bertz CT molecular complexity index is 791. The van der Waals surface area contributed by atoms with Crippen LogP contribution in [0.1, 0.15) is 34.1 Å². The molecule has 1 aromatic heterocycles. The normalized spacial score (nSPS) is 25.4. The van der Waals surface area contributed by atoms with Crippen molar-refractivity contribution in [2.45, 2.75) is 58.0 Å². The molecular formula is C19H27BFN3O2. The van der Waals surface area contributed by atoms with Crippen LogP contribution < -0.4 is 5.46 Å². The predicted octanol–water partition coefficient (Wildman–Crippen LogP) is 2.38. The maximum atomic E-state index is 13.3. The molecule has 0 radical (unpaired) electrons. The van der Waals surface area contributed by atoms with E-state index < -0.39 is 6.17 Å². The maximum Gasteiger partial charge on any atom is 0.494 e. The lowest BCUT2D eigenvalue weighted by atomic mass is 9.79. The average molecular weight is 359 g/mol. The third kappa shape index (κ3) is 3.17. The molecular weight excluding hydrogens is 332 g/mol. The van der Waals surface area contributed by atoms with Crippen molar-refractivity contribution >= 4 is 23.5 Å². The van der Waals surface area contributed by atoms with E-state index in [4.69, 9.17) is 9.31 Å². The van der Waals surface area contributed by atoms with Crippen molar-refractivity contribution in [2.24, 2.45) is 0 Å². The second-order valence-electron chi connectivity index (χ2n) is 8.46. The molecule has 26 heavy (non-hydrogen) atoms. The fourth-order valence-electron chi connectivity index (χ4n) is 3.63. The largest absolute Gasteiger partial charge is 0.494 e. The first kappa shape index (κ1) is 18.0. The summed E-state index contributed by atoms with van der Waals surface area (Å²) < 4.78 is 27.6. The van der Waals surface area contributed by atoms with Gasteiger partial charge >= 0.3 is 7.12 Å². The minimum absolute atomic E-state index is 0.346. The summed E-state index contributed by atoms with van der Waals surface area (Å²) in [6.45, 7) is 11.2. The smallest absolute Gasteiger partial charge is 0.399 e. The van der Waals surface area contributed by atoms with Gasteiger partial charge < -0.3 is 9.31 Å². The Hall–Kier alpha value is -1.44. The number of likely N-dealkylation sites (tertiary alicyclic amines) is 1. The van der Waals surface area contributed by atoms with E-state index in [-0.39, 0.29) is 18.3 Å². The molecule has 0 amide bonds. The molecule has 0 unspecified atom stereocenters. The number of fused-ring (bicyclic) bond motifs is 1. The van der Waals surface area contributed by atoms with Gasteiger partial charge in [0.15, 0.2) is 0 Å². The number of rotatable bonds is 4. The fourth-order valence-corrected chi connectivity index (χ4v) is 3.63. The Morgan fingerprint density at radius 3 is 2.58 bits per heavy atom. The average Bonchev–Trinajstić information content (AvgIpc) is 3.22. The highest BCUT2D eigenvalue weighted by Gasteiger charge is 2.51. The highest BCUT2D eigenvalue weighted by Crippen LogP contribution is 2.36. The second-order valence-corrected chi connectivity index (χ2v) is 8.46. The van der Waals surface area contributed by atoms with Gasteiger partial charge in [-0.15, -0.1) is 0 Å². The van der Waals surface area contributed by atoms with E-state index in [1.54, 1.807) is 0 Å². The van der Waals surface area contributed by atoms with Crippen molar-refractivity contribution in [1.29, 1.82) is 0 Å². The van der Waals surface area contributed by atoms with Crippen LogP contribution in [0, 0.1) is 0 Å². The number of nitrogens with zero attached hydrogens (tertiary/aromatic N) is 3. The van der Waals surface area contributed by atoms with Gasteiger partial charge in [0.2, 0.25) is 0 Å². The zero-order valence-electron chi connectivity index (χ0n) is 16.0. The van der Waals surface area contributed by atoms with E-state index in [9.17, 15) is 4.39 Å². The summed E-state index contributed by atoms with van der Waals surface area (Å²) >= 11 is 0. The molecule has 2 aromatic rings. The molecule has 0 aliphatic carbocycles. The molecule has 7 heteroatoms. The van der Waals surface area contributed by atoms with Gasteiger partial charge in [0, 0.05) is 25.0 Å². The topological polar surface area (TPSA) is 39.5 Å². The van der Waals surface area contributed by atoms with Crippen LogP contribution in [0.4, 0.5) is 4.39 Å². The lowest BCUT2D eigenvalue weighted by molar-refractivity contribution is 0.00578. The van der Waals surface area contributed by atoms with Gasteiger partial charge in [0.25, 0.3) is 0 Å². The summed E-state index contributed by atoms with van der Waals surface area (Å²) in [5.41, 5.74) is 1.40. The summed E-state index contributed by atoms with van der Waals surface area (Å²) in [6, 6.07) is 6.22. The SMILES string of the molecule is CC1(C)OB(c2ccc3c(cnn3CCN3CC[C@H](F)C3)c2)OC1(C)C. The minimum atomic E-state index is -0.674. The van der Waals surface area contributed by atoms with Crippen molar-refractivity contribution in [3.05, 3.63) is 24.4 Å². The summed E-state index contributed by atoms with van der Waals surface area (Å²) in [5.74, 6) is 0. The molecule has 0 spiro atoms. The Morgan fingerprint density at radius 2 is 1.92 bits per heavy atom. The quantitative estimate of drug-likeness (QED) is 0.786. The molecule has 2 saturated heterocycles. The third-order valence-corrected chi connectivity index (χ3v) is 6.03. The highest BCUT2D eigenvalue weighted by molar-refractivity contribution is 6.62. The van der Waals surface area contributed by atoms with Crippen LogP contribution in [0.3, 0.4) is 0 Å². The van der Waals surface area contributed by atoms with Gasteiger partial charge in [-0.2, -0.15) is 5.10 Å². The molecule has 0 bridgehead atoms. The molecule has 1 aromatic carbocycles. The van der Waals surface area contributed by atoms with Gasteiger partial charge in [0.05, 0.1) is 29.5 Å². The van der Waals surface area contributed by atoms with Crippen molar-refractivity contribution in [2.75, 3.05) is 19.6 Å². The Kier molecular flexibility index (Phi) is 4.37.